The molecule has 3 nitrogen and oxygen atoms in total. The van der Waals surface area contributed by atoms with E-state index in [2.05, 4.69) is 36.7 Å². The van der Waals surface area contributed by atoms with Gasteiger partial charge in [-0.05, 0) is 44.4 Å². The Morgan fingerprint density at radius 1 is 1.33 bits per heavy atom. The number of rotatable bonds is 8. The zero-order chi connectivity index (χ0) is 13.4. The van der Waals surface area contributed by atoms with Crippen LogP contribution >= 0.6 is 0 Å². The zero-order valence-corrected chi connectivity index (χ0v) is 12.0. The van der Waals surface area contributed by atoms with Gasteiger partial charge in [0, 0.05) is 31.0 Å². The van der Waals surface area contributed by atoms with Crippen molar-refractivity contribution in [3.63, 3.8) is 0 Å². The molecule has 0 saturated carbocycles. The van der Waals surface area contributed by atoms with E-state index < -0.39 is 0 Å². The minimum atomic E-state index is 0.123. The highest BCUT2D eigenvalue weighted by Gasteiger charge is 2.27. The van der Waals surface area contributed by atoms with Crippen molar-refractivity contribution in [2.24, 2.45) is 5.73 Å². The molecule has 0 aromatic carbocycles. The maximum absolute atomic E-state index is 5.96. The molecule has 0 spiro atoms. The Hall–Kier alpha value is -0.930. The van der Waals surface area contributed by atoms with E-state index in [1.807, 2.05) is 18.5 Å². The van der Waals surface area contributed by atoms with Crippen LogP contribution < -0.4 is 5.73 Å². The largest absolute Gasteiger partial charge is 0.329 e. The summed E-state index contributed by atoms with van der Waals surface area (Å²) in [5, 5.41) is 0. The van der Waals surface area contributed by atoms with Gasteiger partial charge in [-0.25, -0.2) is 0 Å². The third kappa shape index (κ3) is 4.07. The van der Waals surface area contributed by atoms with Crippen LogP contribution in [0.1, 0.15) is 39.2 Å². The van der Waals surface area contributed by atoms with Crippen LogP contribution in [0, 0.1) is 0 Å². The molecule has 0 aliphatic rings. The maximum Gasteiger partial charge on any atom is 0.0301 e. The van der Waals surface area contributed by atoms with Crippen molar-refractivity contribution in [1.29, 1.82) is 0 Å². The van der Waals surface area contributed by atoms with E-state index in [1.54, 1.807) is 0 Å². The van der Waals surface area contributed by atoms with Gasteiger partial charge in [-0.3, -0.25) is 9.88 Å². The molecular formula is C15H27N3. The summed E-state index contributed by atoms with van der Waals surface area (Å²) in [6.45, 7) is 9.61. The molecule has 0 saturated heterocycles. The molecule has 1 aromatic rings. The summed E-state index contributed by atoms with van der Waals surface area (Å²) < 4.78 is 0. The SMILES string of the molecule is CCCN(CCc1cccnc1)C(C)(CC)CN. The van der Waals surface area contributed by atoms with Crippen LogP contribution in [0.4, 0.5) is 0 Å². The van der Waals surface area contributed by atoms with Crippen molar-refractivity contribution < 1.29 is 0 Å². The van der Waals surface area contributed by atoms with Gasteiger partial charge in [0.15, 0.2) is 0 Å². The number of pyridine rings is 1. The Labute approximate surface area is 111 Å². The topological polar surface area (TPSA) is 42.2 Å². The van der Waals surface area contributed by atoms with E-state index in [4.69, 9.17) is 5.73 Å². The first kappa shape index (κ1) is 15.1. The molecule has 0 radical (unpaired) electrons. The second-order valence-electron chi connectivity index (χ2n) is 5.15. The van der Waals surface area contributed by atoms with Gasteiger partial charge < -0.3 is 5.73 Å². The molecule has 1 unspecified atom stereocenters. The second kappa shape index (κ2) is 7.49. The lowest BCUT2D eigenvalue weighted by atomic mass is 9.95. The predicted molar refractivity (Wildman–Crippen MR) is 77.6 cm³/mol. The fraction of sp³-hybridized carbons (Fsp3) is 0.667. The number of nitrogens with zero attached hydrogens (tertiary/aromatic N) is 2. The number of hydrogen-bond donors (Lipinski definition) is 1. The minimum absolute atomic E-state index is 0.123. The molecule has 2 N–H and O–H groups in total. The third-order valence-electron chi connectivity index (χ3n) is 3.85. The summed E-state index contributed by atoms with van der Waals surface area (Å²) in [6.07, 6.45) is 7.09. The molecule has 1 rings (SSSR count). The van der Waals surface area contributed by atoms with Crippen LogP contribution in [-0.2, 0) is 6.42 Å². The van der Waals surface area contributed by atoms with Crippen LogP contribution in [0.15, 0.2) is 24.5 Å². The summed E-state index contributed by atoms with van der Waals surface area (Å²) in [7, 11) is 0. The van der Waals surface area contributed by atoms with Crippen LogP contribution in [0.25, 0.3) is 0 Å². The van der Waals surface area contributed by atoms with Gasteiger partial charge in [0.25, 0.3) is 0 Å². The summed E-state index contributed by atoms with van der Waals surface area (Å²) in [6, 6.07) is 4.14. The Morgan fingerprint density at radius 2 is 2.11 bits per heavy atom. The van der Waals surface area contributed by atoms with Gasteiger partial charge in [-0.15, -0.1) is 0 Å². The molecule has 18 heavy (non-hydrogen) atoms. The lowest BCUT2D eigenvalue weighted by Gasteiger charge is -2.40. The van der Waals surface area contributed by atoms with Crippen LogP contribution in [-0.4, -0.2) is 35.1 Å². The Bertz CT molecular complexity index is 320. The van der Waals surface area contributed by atoms with Crippen molar-refractivity contribution in [2.75, 3.05) is 19.6 Å². The van der Waals surface area contributed by atoms with Crippen LogP contribution in [0.3, 0.4) is 0 Å². The highest BCUT2D eigenvalue weighted by molar-refractivity contribution is 5.09. The Balaban J connectivity index is 2.63. The maximum atomic E-state index is 5.96. The lowest BCUT2D eigenvalue weighted by molar-refractivity contribution is 0.107. The monoisotopic (exact) mass is 249 g/mol. The molecule has 0 bridgehead atoms. The first-order chi connectivity index (χ1) is 8.66. The first-order valence-electron chi connectivity index (χ1n) is 7.00. The van der Waals surface area contributed by atoms with Gasteiger partial charge in [0.05, 0.1) is 0 Å². The van der Waals surface area contributed by atoms with Gasteiger partial charge in [-0.1, -0.05) is 19.9 Å². The third-order valence-corrected chi connectivity index (χ3v) is 3.85. The fourth-order valence-corrected chi connectivity index (χ4v) is 2.23. The first-order valence-corrected chi connectivity index (χ1v) is 7.00. The van der Waals surface area contributed by atoms with Gasteiger partial charge in [-0.2, -0.15) is 0 Å². The van der Waals surface area contributed by atoms with Crippen LogP contribution in [0.2, 0.25) is 0 Å². The molecular weight excluding hydrogens is 222 g/mol. The fourth-order valence-electron chi connectivity index (χ4n) is 2.23. The number of aromatic nitrogens is 1. The average molecular weight is 249 g/mol. The normalized spacial score (nSPS) is 14.7. The summed E-state index contributed by atoms with van der Waals surface area (Å²) >= 11 is 0. The van der Waals surface area contributed by atoms with Crippen molar-refractivity contribution in [3.05, 3.63) is 30.1 Å². The van der Waals surface area contributed by atoms with E-state index in [1.165, 1.54) is 12.0 Å². The van der Waals surface area contributed by atoms with Crippen molar-refractivity contribution >= 4 is 0 Å². The Morgan fingerprint density at radius 3 is 2.61 bits per heavy atom. The summed E-state index contributed by atoms with van der Waals surface area (Å²) in [5.74, 6) is 0. The molecule has 1 aromatic heterocycles. The van der Waals surface area contributed by atoms with E-state index in [0.717, 1.165) is 32.5 Å². The summed E-state index contributed by atoms with van der Waals surface area (Å²) in [5.41, 5.74) is 7.39. The lowest BCUT2D eigenvalue weighted by Crippen LogP contribution is -2.52. The van der Waals surface area contributed by atoms with E-state index in [0.29, 0.717) is 0 Å². The predicted octanol–water partition coefficient (Wildman–Crippen LogP) is 2.46. The van der Waals surface area contributed by atoms with Crippen molar-refractivity contribution in [2.45, 2.75) is 45.6 Å². The van der Waals surface area contributed by atoms with Crippen molar-refractivity contribution in [3.8, 4) is 0 Å². The highest BCUT2D eigenvalue weighted by Crippen LogP contribution is 2.19. The van der Waals surface area contributed by atoms with E-state index in [-0.39, 0.29) is 5.54 Å². The van der Waals surface area contributed by atoms with Crippen LogP contribution in [0.5, 0.6) is 0 Å². The van der Waals surface area contributed by atoms with E-state index in [9.17, 15) is 0 Å². The molecule has 0 fully saturated rings. The standard InChI is InChI=1S/C15H27N3/c1-4-10-18(15(3,5-2)13-16)11-8-14-7-6-9-17-12-14/h6-7,9,12H,4-5,8,10-11,13,16H2,1-3H3. The smallest absolute Gasteiger partial charge is 0.0301 e. The van der Waals surface area contributed by atoms with Gasteiger partial charge >= 0.3 is 0 Å². The summed E-state index contributed by atoms with van der Waals surface area (Å²) in [4.78, 5) is 6.70. The highest BCUT2D eigenvalue weighted by atomic mass is 15.2. The molecule has 0 aliphatic heterocycles. The molecule has 1 heterocycles. The molecule has 3 heteroatoms. The van der Waals surface area contributed by atoms with E-state index >= 15 is 0 Å². The van der Waals surface area contributed by atoms with Crippen molar-refractivity contribution in [1.82, 2.24) is 9.88 Å². The molecule has 0 aliphatic carbocycles. The zero-order valence-electron chi connectivity index (χ0n) is 12.0. The number of hydrogen-bond acceptors (Lipinski definition) is 3. The van der Waals surface area contributed by atoms with Gasteiger partial charge in [0.2, 0.25) is 0 Å². The Kier molecular flexibility index (Phi) is 6.30. The average Bonchev–Trinajstić information content (AvgIpc) is 2.43. The molecule has 1 atom stereocenters. The quantitative estimate of drug-likeness (QED) is 0.769. The molecule has 0 amide bonds. The molecule has 102 valence electrons. The minimum Gasteiger partial charge on any atom is -0.329 e. The second-order valence-corrected chi connectivity index (χ2v) is 5.15. The van der Waals surface area contributed by atoms with Gasteiger partial charge in [0.1, 0.15) is 0 Å². The number of nitrogens with two attached hydrogens (primary N) is 1.